The molecule has 0 aromatic rings. The number of rotatable bonds is 7. The van der Waals surface area contributed by atoms with E-state index < -0.39 is 17.9 Å². The molecular formula is C8H15NO5. The van der Waals surface area contributed by atoms with Gasteiger partial charge in [-0.05, 0) is 0 Å². The average molecular weight is 205 g/mol. The first-order valence-corrected chi connectivity index (χ1v) is 4.23. The quantitative estimate of drug-likeness (QED) is 0.494. The first-order chi connectivity index (χ1) is 6.61. The topological polar surface area (TPSA) is 95.9 Å². The molecule has 6 heteroatoms. The number of nitrogens with one attached hydrogen (secondary N) is 1. The second-order valence-corrected chi connectivity index (χ2v) is 2.71. The zero-order chi connectivity index (χ0) is 11.0. The summed E-state index contributed by atoms with van der Waals surface area (Å²) in [6.45, 7) is -0.0289. The zero-order valence-electron chi connectivity index (χ0n) is 8.02. The monoisotopic (exact) mass is 205 g/mol. The standard InChI is InChI=1S/C8H15NO5/c1-14-5-3-7(11)9-6(2-4-10)8(12)13/h6,10H,2-5H2,1H3,(H,9,11)(H,12,13). The van der Waals surface area contributed by atoms with Crippen molar-refractivity contribution in [3.8, 4) is 0 Å². The maximum Gasteiger partial charge on any atom is 0.326 e. The van der Waals surface area contributed by atoms with Crippen LogP contribution < -0.4 is 5.32 Å². The van der Waals surface area contributed by atoms with Crippen LogP contribution in [-0.2, 0) is 14.3 Å². The van der Waals surface area contributed by atoms with Gasteiger partial charge in [0, 0.05) is 26.6 Å². The van der Waals surface area contributed by atoms with Crippen LogP contribution in [0, 0.1) is 0 Å². The molecule has 0 rings (SSSR count). The normalized spacial score (nSPS) is 12.1. The summed E-state index contributed by atoms with van der Waals surface area (Å²) in [5.41, 5.74) is 0. The van der Waals surface area contributed by atoms with Crippen LogP contribution in [0.5, 0.6) is 0 Å². The lowest BCUT2D eigenvalue weighted by molar-refractivity contribution is -0.142. The molecule has 0 heterocycles. The van der Waals surface area contributed by atoms with Crippen molar-refractivity contribution in [2.24, 2.45) is 0 Å². The molecule has 0 aromatic heterocycles. The molecule has 0 radical (unpaired) electrons. The summed E-state index contributed by atoms with van der Waals surface area (Å²) in [5.74, 6) is -1.54. The van der Waals surface area contributed by atoms with Crippen LogP contribution in [0.2, 0.25) is 0 Å². The predicted molar refractivity (Wildman–Crippen MR) is 47.8 cm³/mol. The highest BCUT2D eigenvalue weighted by atomic mass is 16.5. The van der Waals surface area contributed by atoms with Gasteiger partial charge in [0.25, 0.3) is 0 Å². The van der Waals surface area contributed by atoms with Crippen molar-refractivity contribution in [1.82, 2.24) is 5.32 Å². The van der Waals surface area contributed by atoms with Crippen LogP contribution >= 0.6 is 0 Å². The van der Waals surface area contributed by atoms with Gasteiger partial charge in [-0.2, -0.15) is 0 Å². The van der Waals surface area contributed by atoms with E-state index in [1.54, 1.807) is 0 Å². The van der Waals surface area contributed by atoms with Crippen LogP contribution in [0.1, 0.15) is 12.8 Å². The van der Waals surface area contributed by atoms with Crippen molar-refractivity contribution >= 4 is 11.9 Å². The first kappa shape index (κ1) is 12.9. The van der Waals surface area contributed by atoms with Gasteiger partial charge in [0.2, 0.25) is 5.91 Å². The van der Waals surface area contributed by atoms with Gasteiger partial charge >= 0.3 is 5.97 Å². The Labute approximate surface area is 81.9 Å². The van der Waals surface area contributed by atoms with Crippen molar-refractivity contribution in [1.29, 1.82) is 0 Å². The third-order valence-electron chi connectivity index (χ3n) is 1.58. The van der Waals surface area contributed by atoms with E-state index in [2.05, 4.69) is 10.1 Å². The van der Waals surface area contributed by atoms with Crippen molar-refractivity contribution in [3.05, 3.63) is 0 Å². The number of hydrogen-bond donors (Lipinski definition) is 3. The van der Waals surface area contributed by atoms with E-state index in [0.29, 0.717) is 0 Å². The number of aliphatic hydroxyl groups is 1. The van der Waals surface area contributed by atoms with E-state index >= 15 is 0 Å². The summed E-state index contributed by atoms with van der Waals surface area (Å²) in [6, 6.07) is -1.02. The van der Waals surface area contributed by atoms with Gasteiger partial charge in [-0.15, -0.1) is 0 Å². The van der Waals surface area contributed by atoms with Gasteiger partial charge in [0.1, 0.15) is 6.04 Å². The highest BCUT2D eigenvalue weighted by Crippen LogP contribution is 1.92. The molecule has 6 nitrogen and oxygen atoms in total. The minimum Gasteiger partial charge on any atom is -0.480 e. The van der Waals surface area contributed by atoms with E-state index in [1.165, 1.54) is 7.11 Å². The number of methoxy groups -OCH3 is 1. The van der Waals surface area contributed by atoms with Crippen LogP contribution in [-0.4, -0.2) is 48.5 Å². The molecule has 1 amide bonds. The Bertz CT molecular complexity index is 194. The second-order valence-electron chi connectivity index (χ2n) is 2.71. The van der Waals surface area contributed by atoms with E-state index in [1.807, 2.05) is 0 Å². The smallest absolute Gasteiger partial charge is 0.326 e. The molecule has 0 saturated heterocycles. The van der Waals surface area contributed by atoms with Gasteiger partial charge in [-0.25, -0.2) is 4.79 Å². The molecule has 0 aliphatic carbocycles. The minimum absolute atomic E-state index is 0.00799. The van der Waals surface area contributed by atoms with E-state index in [-0.39, 0.29) is 26.1 Å². The molecule has 82 valence electrons. The fourth-order valence-corrected chi connectivity index (χ4v) is 0.848. The maximum absolute atomic E-state index is 11.1. The minimum atomic E-state index is -1.15. The molecular weight excluding hydrogens is 190 g/mol. The van der Waals surface area contributed by atoms with Gasteiger partial charge in [0.15, 0.2) is 0 Å². The molecule has 0 aliphatic heterocycles. The van der Waals surface area contributed by atoms with Crippen molar-refractivity contribution in [3.63, 3.8) is 0 Å². The average Bonchev–Trinajstić information content (AvgIpc) is 2.14. The Hall–Kier alpha value is -1.14. The predicted octanol–water partition coefficient (Wildman–Crippen LogP) is -1.03. The first-order valence-electron chi connectivity index (χ1n) is 4.23. The Balaban J connectivity index is 3.90. The molecule has 14 heavy (non-hydrogen) atoms. The Kier molecular flexibility index (Phi) is 6.69. The number of aliphatic hydroxyl groups excluding tert-OH is 1. The lowest BCUT2D eigenvalue weighted by atomic mass is 10.2. The van der Waals surface area contributed by atoms with Gasteiger partial charge in [-0.1, -0.05) is 0 Å². The van der Waals surface area contributed by atoms with E-state index in [9.17, 15) is 9.59 Å². The Morgan fingerprint density at radius 2 is 2.14 bits per heavy atom. The number of carboxylic acids is 1. The van der Waals surface area contributed by atoms with Crippen LogP contribution in [0.3, 0.4) is 0 Å². The maximum atomic E-state index is 11.1. The highest BCUT2D eigenvalue weighted by Gasteiger charge is 2.18. The van der Waals surface area contributed by atoms with Crippen molar-refractivity contribution < 1.29 is 24.5 Å². The Morgan fingerprint density at radius 3 is 2.57 bits per heavy atom. The molecule has 0 aliphatic rings. The summed E-state index contributed by atoms with van der Waals surface area (Å²) in [7, 11) is 1.45. The van der Waals surface area contributed by atoms with Crippen LogP contribution in [0.4, 0.5) is 0 Å². The molecule has 0 spiro atoms. The number of aliphatic carboxylic acids is 1. The van der Waals surface area contributed by atoms with Crippen molar-refractivity contribution in [2.75, 3.05) is 20.3 Å². The Morgan fingerprint density at radius 1 is 1.50 bits per heavy atom. The number of carboxylic acid groups (broad SMARTS) is 1. The SMILES string of the molecule is COCCC(=O)NC(CCO)C(=O)O. The molecule has 1 unspecified atom stereocenters. The van der Waals surface area contributed by atoms with Gasteiger partial charge < -0.3 is 20.3 Å². The highest BCUT2D eigenvalue weighted by molar-refractivity contribution is 5.83. The van der Waals surface area contributed by atoms with E-state index in [0.717, 1.165) is 0 Å². The molecule has 0 bridgehead atoms. The largest absolute Gasteiger partial charge is 0.480 e. The molecule has 3 N–H and O–H groups in total. The summed E-state index contributed by atoms with van der Waals surface area (Å²) in [6.07, 6.45) is 0.125. The summed E-state index contributed by atoms with van der Waals surface area (Å²) < 4.78 is 4.66. The summed E-state index contributed by atoms with van der Waals surface area (Å²) in [4.78, 5) is 21.6. The van der Waals surface area contributed by atoms with Gasteiger partial charge in [-0.3, -0.25) is 4.79 Å². The summed E-state index contributed by atoms with van der Waals surface area (Å²) >= 11 is 0. The molecule has 0 fully saturated rings. The van der Waals surface area contributed by atoms with E-state index in [4.69, 9.17) is 10.2 Å². The number of carbonyl (C=O) groups is 2. The number of carbonyl (C=O) groups excluding carboxylic acids is 1. The lowest BCUT2D eigenvalue weighted by Gasteiger charge is -2.12. The second kappa shape index (κ2) is 7.28. The fraction of sp³-hybridized carbons (Fsp3) is 0.750. The van der Waals surface area contributed by atoms with Crippen LogP contribution in [0.25, 0.3) is 0 Å². The number of ether oxygens (including phenoxy) is 1. The van der Waals surface area contributed by atoms with Gasteiger partial charge in [0.05, 0.1) is 6.61 Å². The zero-order valence-corrected chi connectivity index (χ0v) is 8.02. The van der Waals surface area contributed by atoms with Crippen LogP contribution in [0.15, 0.2) is 0 Å². The molecule has 0 saturated carbocycles. The molecule has 1 atom stereocenters. The summed E-state index contributed by atoms with van der Waals surface area (Å²) in [5, 5.41) is 19.4. The number of hydrogen-bond acceptors (Lipinski definition) is 4. The third-order valence-corrected chi connectivity index (χ3v) is 1.58. The fourth-order valence-electron chi connectivity index (χ4n) is 0.848. The molecule has 0 aromatic carbocycles. The van der Waals surface area contributed by atoms with Crippen molar-refractivity contribution in [2.45, 2.75) is 18.9 Å². The number of amides is 1. The third kappa shape index (κ3) is 5.50. The lowest BCUT2D eigenvalue weighted by Crippen LogP contribution is -2.41.